The summed E-state index contributed by atoms with van der Waals surface area (Å²) in [4.78, 5) is 17.0. The number of nitrogens with one attached hydrogen (secondary N) is 2. The van der Waals surface area contributed by atoms with E-state index in [9.17, 15) is 14.3 Å². The van der Waals surface area contributed by atoms with Gasteiger partial charge in [-0.15, -0.1) is 0 Å². The molecule has 1 aromatic heterocycles. The number of fused-ring (bicyclic) bond motifs is 1. The normalized spacial score (nSPS) is 19.9. The van der Waals surface area contributed by atoms with Crippen molar-refractivity contribution in [1.82, 2.24) is 15.6 Å². The lowest BCUT2D eigenvalue weighted by molar-refractivity contribution is -0.126. The van der Waals surface area contributed by atoms with Crippen LogP contribution in [0.15, 0.2) is 36.5 Å². The fourth-order valence-corrected chi connectivity index (χ4v) is 5.29. The van der Waals surface area contributed by atoms with E-state index in [1.165, 1.54) is 19.2 Å². The van der Waals surface area contributed by atoms with Crippen molar-refractivity contribution < 1.29 is 23.8 Å². The summed E-state index contributed by atoms with van der Waals surface area (Å²) in [6.45, 7) is 6.79. The summed E-state index contributed by atoms with van der Waals surface area (Å²) in [5.41, 5.74) is 2.93. The van der Waals surface area contributed by atoms with Crippen molar-refractivity contribution in [3.63, 3.8) is 0 Å². The van der Waals surface area contributed by atoms with Gasteiger partial charge in [-0.1, -0.05) is 32.9 Å². The fourth-order valence-electron chi connectivity index (χ4n) is 5.29. The van der Waals surface area contributed by atoms with Crippen LogP contribution in [0.5, 0.6) is 5.88 Å². The summed E-state index contributed by atoms with van der Waals surface area (Å²) in [5, 5.41) is 17.6. The van der Waals surface area contributed by atoms with Crippen LogP contribution in [0.25, 0.3) is 0 Å². The van der Waals surface area contributed by atoms with Crippen LogP contribution in [0.1, 0.15) is 69.2 Å². The molecule has 1 amide bonds. The number of aromatic nitrogens is 1. The van der Waals surface area contributed by atoms with Crippen LogP contribution in [0, 0.1) is 11.2 Å². The molecule has 0 unspecified atom stereocenters. The van der Waals surface area contributed by atoms with E-state index >= 15 is 0 Å². The first-order valence-electron chi connectivity index (χ1n) is 13.2. The third-order valence-electron chi connectivity index (χ3n) is 7.23. The standard InChI is InChI=1S/C29H40FN3O4/c1-28(2,3)14-20-12-22-24(15-29(10-5-11-29)37-27(22)32-16-20)31-17-25(34)23(33-26(35)18-36-4)13-19-6-8-21(30)9-7-19/h6-9,12,16,23-25,31,34H,5,10-11,13-15,17-18H2,1-4H3,(H,33,35)/t23-,24-,25-/m0/s1. The first kappa shape index (κ1) is 27.5. The maximum Gasteiger partial charge on any atom is 0.246 e. The number of nitrogens with zero attached hydrogens (tertiary/aromatic N) is 1. The summed E-state index contributed by atoms with van der Waals surface area (Å²) in [6.07, 6.45) is 6.25. The van der Waals surface area contributed by atoms with Crippen molar-refractivity contribution in [2.24, 2.45) is 5.41 Å². The van der Waals surface area contributed by atoms with Crippen molar-refractivity contribution in [3.8, 4) is 5.88 Å². The minimum atomic E-state index is -0.875. The number of carbonyl (C=O) groups excluding carboxylic acids is 1. The minimum absolute atomic E-state index is 0.0210. The maximum absolute atomic E-state index is 13.4. The maximum atomic E-state index is 13.4. The lowest BCUT2D eigenvalue weighted by Gasteiger charge is -2.47. The molecule has 4 rings (SSSR count). The number of hydrogen-bond acceptors (Lipinski definition) is 6. The third-order valence-corrected chi connectivity index (χ3v) is 7.23. The van der Waals surface area contributed by atoms with Crippen molar-refractivity contribution in [3.05, 3.63) is 59.0 Å². The van der Waals surface area contributed by atoms with Gasteiger partial charge in [-0.25, -0.2) is 9.37 Å². The Hall–Kier alpha value is -2.55. The summed E-state index contributed by atoms with van der Waals surface area (Å²) in [7, 11) is 1.45. The molecule has 1 aliphatic heterocycles. The molecule has 1 spiro atoms. The zero-order valence-electron chi connectivity index (χ0n) is 22.4. The van der Waals surface area contributed by atoms with E-state index in [2.05, 4.69) is 42.5 Å². The van der Waals surface area contributed by atoms with Gasteiger partial charge in [0.2, 0.25) is 11.8 Å². The van der Waals surface area contributed by atoms with Gasteiger partial charge in [-0.3, -0.25) is 4.79 Å². The lowest BCUT2D eigenvalue weighted by Crippen LogP contribution is -2.52. The summed E-state index contributed by atoms with van der Waals surface area (Å²) < 4.78 is 24.7. The molecule has 1 aromatic carbocycles. The van der Waals surface area contributed by atoms with E-state index < -0.39 is 12.1 Å². The monoisotopic (exact) mass is 513 g/mol. The van der Waals surface area contributed by atoms with Gasteiger partial charge >= 0.3 is 0 Å². The van der Waals surface area contributed by atoms with Crippen LogP contribution in [0.2, 0.25) is 0 Å². The highest BCUT2D eigenvalue weighted by Gasteiger charge is 2.46. The number of aliphatic hydroxyl groups excluding tert-OH is 1. The van der Waals surface area contributed by atoms with Gasteiger partial charge in [-0.2, -0.15) is 0 Å². The quantitative estimate of drug-likeness (QED) is 0.447. The van der Waals surface area contributed by atoms with Crippen molar-refractivity contribution in [1.29, 1.82) is 0 Å². The Labute approximate surface area is 219 Å². The predicted molar refractivity (Wildman–Crippen MR) is 140 cm³/mol. The molecule has 0 saturated heterocycles. The first-order valence-corrected chi connectivity index (χ1v) is 13.2. The average Bonchev–Trinajstić information content (AvgIpc) is 2.81. The van der Waals surface area contributed by atoms with E-state index in [1.807, 2.05) is 6.20 Å². The van der Waals surface area contributed by atoms with Crippen LogP contribution in [0.3, 0.4) is 0 Å². The minimum Gasteiger partial charge on any atom is -0.471 e. The SMILES string of the molecule is COCC(=O)N[C@@H](Cc1ccc(F)cc1)[C@@H](O)CN[C@H]1CC2(CCC2)Oc2ncc(CC(C)(C)C)cc21. The number of rotatable bonds is 10. The molecule has 2 aromatic rings. The number of pyridine rings is 1. The average molecular weight is 514 g/mol. The molecular weight excluding hydrogens is 473 g/mol. The van der Waals surface area contributed by atoms with E-state index in [4.69, 9.17) is 9.47 Å². The molecular formula is C29H40FN3O4. The Bertz CT molecular complexity index is 1070. The summed E-state index contributed by atoms with van der Waals surface area (Å²) in [5.74, 6) is 0.0369. The number of amides is 1. The molecule has 0 radical (unpaired) electrons. The molecule has 0 bridgehead atoms. The Morgan fingerprint density at radius 3 is 2.62 bits per heavy atom. The largest absolute Gasteiger partial charge is 0.471 e. The highest BCUT2D eigenvalue weighted by atomic mass is 19.1. The van der Waals surface area contributed by atoms with Crippen LogP contribution in [-0.4, -0.2) is 54.0 Å². The molecule has 2 heterocycles. The van der Waals surface area contributed by atoms with Gasteiger partial charge < -0.3 is 25.2 Å². The number of hydrogen-bond donors (Lipinski definition) is 3. The Morgan fingerprint density at radius 1 is 1.27 bits per heavy atom. The second-order valence-electron chi connectivity index (χ2n) is 11.8. The Morgan fingerprint density at radius 2 is 2.00 bits per heavy atom. The smallest absolute Gasteiger partial charge is 0.246 e. The molecule has 1 fully saturated rings. The van der Waals surface area contributed by atoms with Gasteiger partial charge in [0.1, 0.15) is 18.0 Å². The fraction of sp³-hybridized carbons (Fsp3) is 0.586. The number of methoxy groups -OCH3 is 1. The van der Waals surface area contributed by atoms with Crippen molar-refractivity contribution in [2.75, 3.05) is 20.3 Å². The van der Waals surface area contributed by atoms with Crippen LogP contribution in [-0.2, 0) is 22.4 Å². The highest BCUT2D eigenvalue weighted by molar-refractivity contribution is 5.77. The Kier molecular flexibility index (Phi) is 8.51. The topological polar surface area (TPSA) is 92.7 Å². The summed E-state index contributed by atoms with van der Waals surface area (Å²) in [6, 6.07) is 7.69. The lowest BCUT2D eigenvalue weighted by atomic mass is 9.73. The number of benzene rings is 1. The molecule has 1 saturated carbocycles. The van der Waals surface area contributed by atoms with E-state index in [0.717, 1.165) is 48.8 Å². The van der Waals surface area contributed by atoms with Crippen LogP contribution < -0.4 is 15.4 Å². The molecule has 37 heavy (non-hydrogen) atoms. The first-order chi connectivity index (χ1) is 17.6. The number of ether oxygens (including phenoxy) is 2. The molecule has 2 aliphatic rings. The second-order valence-corrected chi connectivity index (χ2v) is 11.8. The van der Waals surface area contributed by atoms with E-state index in [1.54, 1.807) is 12.1 Å². The van der Waals surface area contributed by atoms with Crippen molar-refractivity contribution in [2.45, 2.75) is 83.1 Å². The van der Waals surface area contributed by atoms with E-state index in [0.29, 0.717) is 12.3 Å². The zero-order valence-corrected chi connectivity index (χ0v) is 22.4. The van der Waals surface area contributed by atoms with Gasteiger partial charge in [0.25, 0.3) is 0 Å². The van der Waals surface area contributed by atoms with Crippen LogP contribution >= 0.6 is 0 Å². The zero-order chi connectivity index (χ0) is 26.6. The highest BCUT2D eigenvalue weighted by Crippen LogP contribution is 2.48. The molecule has 3 N–H and O–H groups in total. The number of halogens is 1. The predicted octanol–water partition coefficient (Wildman–Crippen LogP) is 3.88. The molecule has 7 nitrogen and oxygen atoms in total. The summed E-state index contributed by atoms with van der Waals surface area (Å²) >= 11 is 0. The molecule has 8 heteroatoms. The Balaban J connectivity index is 1.50. The van der Waals surface area contributed by atoms with Gasteiger partial charge in [0.15, 0.2) is 0 Å². The number of aliphatic hydroxyl groups is 1. The molecule has 202 valence electrons. The van der Waals surface area contributed by atoms with Gasteiger partial charge in [0, 0.05) is 37.9 Å². The molecule has 1 aliphatic carbocycles. The number of carbonyl (C=O) groups is 1. The van der Waals surface area contributed by atoms with Gasteiger partial charge in [0.05, 0.1) is 12.1 Å². The van der Waals surface area contributed by atoms with Gasteiger partial charge in [-0.05, 0) is 66.8 Å². The molecule has 3 atom stereocenters. The second kappa shape index (κ2) is 11.5. The van der Waals surface area contributed by atoms with Crippen molar-refractivity contribution >= 4 is 5.91 Å². The van der Waals surface area contributed by atoms with E-state index in [-0.39, 0.29) is 41.9 Å². The third kappa shape index (κ3) is 7.27. The van der Waals surface area contributed by atoms with Crippen LogP contribution in [0.4, 0.5) is 4.39 Å².